The van der Waals surface area contributed by atoms with Crippen LogP contribution in [0.15, 0.2) is 16.9 Å². The molecule has 0 aliphatic carbocycles. The van der Waals surface area contributed by atoms with E-state index in [2.05, 4.69) is 5.32 Å². The number of nitrogens with zero attached hydrogens (tertiary/aromatic N) is 1. The van der Waals surface area contributed by atoms with Crippen LogP contribution in [-0.2, 0) is 11.3 Å². The van der Waals surface area contributed by atoms with Gasteiger partial charge in [-0.25, -0.2) is 0 Å². The van der Waals surface area contributed by atoms with Gasteiger partial charge in [0.2, 0.25) is 0 Å². The Hall–Kier alpha value is -1.62. The Morgan fingerprint density at radius 1 is 1.41 bits per heavy atom. The number of nitrogens with one attached hydrogen (secondary N) is 1. The lowest BCUT2D eigenvalue weighted by atomic mass is 10.1. The van der Waals surface area contributed by atoms with Gasteiger partial charge in [-0.15, -0.1) is 0 Å². The molecule has 1 aliphatic heterocycles. The fourth-order valence-corrected chi connectivity index (χ4v) is 2.90. The first-order valence-corrected chi connectivity index (χ1v) is 8.23. The van der Waals surface area contributed by atoms with Gasteiger partial charge < -0.3 is 14.6 Å². The fourth-order valence-electron chi connectivity index (χ4n) is 2.90. The van der Waals surface area contributed by atoms with E-state index < -0.39 is 0 Å². The molecule has 2 rings (SSSR count). The standard InChI is InChI=1S/C17H26N2O3/c1-3-19-13(2)9-10-15(17(19)21)16(20)18-11-5-4-7-14-8-6-12-22-14/h9-10,14H,3-8,11-12H2,1-2H3,(H,18,20)/t14-/m1/s1. The molecular formula is C17H26N2O3. The van der Waals surface area contributed by atoms with Crippen molar-refractivity contribution in [3.05, 3.63) is 33.7 Å². The zero-order valence-electron chi connectivity index (χ0n) is 13.6. The van der Waals surface area contributed by atoms with Crippen LogP contribution in [0.5, 0.6) is 0 Å². The van der Waals surface area contributed by atoms with Crippen LogP contribution in [0.4, 0.5) is 0 Å². The summed E-state index contributed by atoms with van der Waals surface area (Å²) in [4.78, 5) is 24.3. The highest BCUT2D eigenvalue weighted by molar-refractivity contribution is 5.93. The van der Waals surface area contributed by atoms with Crippen molar-refractivity contribution in [1.82, 2.24) is 9.88 Å². The summed E-state index contributed by atoms with van der Waals surface area (Å²) in [5.74, 6) is -0.274. The van der Waals surface area contributed by atoms with Gasteiger partial charge in [-0.3, -0.25) is 9.59 Å². The molecule has 1 N–H and O–H groups in total. The van der Waals surface area contributed by atoms with Crippen LogP contribution in [0, 0.1) is 6.92 Å². The van der Waals surface area contributed by atoms with E-state index in [4.69, 9.17) is 4.74 Å². The number of carbonyl (C=O) groups excluding carboxylic acids is 1. The first kappa shape index (κ1) is 16.7. The lowest BCUT2D eigenvalue weighted by Gasteiger charge is -2.11. The number of pyridine rings is 1. The maximum Gasteiger partial charge on any atom is 0.263 e. The molecule has 0 bridgehead atoms. The van der Waals surface area contributed by atoms with E-state index in [1.807, 2.05) is 19.9 Å². The van der Waals surface area contributed by atoms with Crippen LogP contribution in [0.3, 0.4) is 0 Å². The largest absolute Gasteiger partial charge is 0.378 e. The Morgan fingerprint density at radius 2 is 2.23 bits per heavy atom. The van der Waals surface area contributed by atoms with Crippen molar-refractivity contribution < 1.29 is 9.53 Å². The van der Waals surface area contributed by atoms with Crippen molar-refractivity contribution in [2.24, 2.45) is 0 Å². The van der Waals surface area contributed by atoms with E-state index in [0.717, 1.165) is 38.0 Å². The number of unbranched alkanes of at least 4 members (excludes halogenated alkanes) is 1. The minimum absolute atomic E-state index is 0.209. The molecule has 0 radical (unpaired) electrons. The Balaban J connectivity index is 1.78. The van der Waals surface area contributed by atoms with Crippen molar-refractivity contribution in [1.29, 1.82) is 0 Å². The van der Waals surface area contributed by atoms with Crippen LogP contribution < -0.4 is 10.9 Å². The summed E-state index contributed by atoms with van der Waals surface area (Å²) in [6.07, 6.45) is 5.75. The second-order valence-electron chi connectivity index (χ2n) is 5.82. The molecule has 1 aromatic rings. The van der Waals surface area contributed by atoms with Gasteiger partial charge in [0, 0.05) is 25.4 Å². The molecule has 1 aliphatic rings. The van der Waals surface area contributed by atoms with E-state index in [1.54, 1.807) is 10.6 Å². The molecule has 1 aromatic heterocycles. The second kappa shape index (κ2) is 8.13. The first-order valence-electron chi connectivity index (χ1n) is 8.23. The molecule has 122 valence electrons. The van der Waals surface area contributed by atoms with Crippen molar-refractivity contribution in [3.63, 3.8) is 0 Å². The molecule has 0 unspecified atom stereocenters. The molecule has 22 heavy (non-hydrogen) atoms. The molecule has 1 saturated heterocycles. The maximum atomic E-state index is 12.2. The van der Waals surface area contributed by atoms with Gasteiger partial charge in [-0.1, -0.05) is 0 Å². The molecule has 2 heterocycles. The molecular weight excluding hydrogens is 280 g/mol. The van der Waals surface area contributed by atoms with Crippen LogP contribution >= 0.6 is 0 Å². The number of amides is 1. The summed E-state index contributed by atoms with van der Waals surface area (Å²) in [5.41, 5.74) is 0.895. The van der Waals surface area contributed by atoms with E-state index in [1.165, 1.54) is 6.42 Å². The van der Waals surface area contributed by atoms with Gasteiger partial charge in [0.15, 0.2) is 0 Å². The molecule has 0 aromatic carbocycles. The third-order valence-corrected chi connectivity index (χ3v) is 4.22. The zero-order valence-corrected chi connectivity index (χ0v) is 13.6. The normalized spacial score (nSPS) is 17.6. The predicted octanol–water partition coefficient (Wildman–Crippen LogP) is 2.26. The lowest BCUT2D eigenvalue weighted by molar-refractivity contribution is 0.0945. The topological polar surface area (TPSA) is 60.3 Å². The van der Waals surface area contributed by atoms with Gasteiger partial charge in [0.05, 0.1) is 6.10 Å². The van der Waals surface area contributed by atoms with Crippen molar-refractivity contribution in [3.8, 4) is 0 Å². The Labute approximate surface area is 131 Å². The highest BCUT2D eigenvalue weighted by atomic mass is 16.5. The Morgan fingerprint density at radius 3 is 2.91 bits per heavy atom. The van der Waals surface area contributed by atoms with Crippen molar-refractivity contribution in [2.75, 3.05) is 13.2 Å². The summed E-state index contributed by atoms with van der Waals surface area (Å²) in [7, 11) is 0. The Kier molecular flexibility index (Phi) is 6.19. The number of rotatable bonds is 7. The highest BCUT2D eigenvalue weighted by Crippen LogP contribution is 2.17. The number of carbonyl (C=O) groups is 1. The van der Waals surface area contributed by atoms with Gasteiger partial charge in [-0.05, 0) is 58.1 Å². The average molecular weight is 306 g/mol. The monoisotopic (exact) mass is 306 g/mol. The second-order valence-corrected chi connectivity index (χ2v) is 5.82. The number of hydrogen-bond acceptors (Lipinski definition) is 3. The summed E-state index contributed by atoms with van der Waals surface area (Å²) in [5, 5.41) is 2.84. The van der Waals surface area contributed by atoms with Crippen molar-refractivity contribution in [2.45, 2.75) is 58.6 Å². The molecule has 1 atom stereocenters. The minimum atomic E-state index is -0.274. The third kappa shape index (κ3) is 4.19. The fraction of sp³-hybridized carbons (Fsp3) is 0.647. The Bertz CT molecular complexity index is 560. The number of ether oxygens (including phenoxy) is 1. The summed E-state index contributed by atoms with van der Waals surface area (Å²) in [6.45, 7) is 5.84. The molecule has 0 saturated carbocycles. The average Bonchev–Trinajstić information content (AvgIpc) is 3.00. The molecule has 1 amide bonds. The van der Waals surface area contributed by atoms with Crippen molar-refractivity contribution >= 4 is 5.91 Å². The quantitative estimate of drug-likeness (QED) is 0.786. The molecule has 5 nitrogen and oxygen atoms in total. The predicted molar refractivity (Wildman–Crippen MR) is 86.3 cm³/mol. The third-order valence-electron chi connectivity index (χ3n) is 4.22. The first-order chi connectivity index (χ1) is 10.6. The summed E-state index contributed by atoms with van der Waals surface area (Å²) >= 11 is 0. The summed E-state index contributed by atoms with van der Waals surface area (Å²) < 4.78 is 7.19. The van der Waals surface area contributed by atoms with Crippen LogP contribution in [0.25, 0.3) is 0 Å². The number of aryl methyl sites for hydroxylation is 1. The zero-order chi connectivity index (χ0) is 15.9. The number of aromatic nitrogens is 1. The summed E-state index contributed by atoms with van der Waals surface area (Å²) in [6, 6.07) is 3.43. The lowest BCUT2D eigenvalue weighted by Crippen LogP contribution is -2.34. The molecule has 5 heteroatoms. The maximum absolute atomic E-state index is 12.2. The van der Waals surface area contributed by atoms with Crippen LogP contribution in [-0.4, -0.2) is 29.7 Å². The molecule has 0 spiro atoms. The van der Waals surface area contributed by atoms with E-state index >= 15 is 0 Å². The van der Waals surface area contributed by atoms with Crippen LogP contribution in [0.1, 0.15) is 55.1 Å². The van der Waals surface area contributed by atoms with Crippen LogP contribution in [0.2, 0.25) is 0 Å². The highest BCUT2D eigenvalue weighted by Gasteiger charge is 2.15. The van der Waals surface area contributed by atoms with Gasteiger partial charge in [0.25, 0.3) is 11.5 Å². The number of hydrogen-bond donors (Lipinski definition) is 1. The van der Waals surface area contributed by atoms with E-state index in [0.29, 0.717) is 19.2 Å². The van der Waals surface area contributed by atoms with Gasteiger partial charge in [0.1, 0.15) is 5.56 Å². The molecule has 1 fully saturated rings. The minimum Gasteiger partial charge on any atom is -0.378 e. The van der Waals surface area contributed by atoms with E-state index in [9.17, 15) is 9.59 Å². The van der Waals surface area contributed by atoms with Gasteiger partial charge in [-0.2, -0.15) is 0 Å². The van der Waals surface area contributed by atoms with Gasteiger partial charge >= 0.3 is 0 Å². The SMILES string of the molecule is CCn1c(C)ccc(C(=O)NCCCC[C@@H]2CCCO2)c1=O. The smallest absolute Gasteiger partial charge is 0.263 e. The van der Waals surface area contributed by atoms with E-state index in [-0.39, 0.29) is 17.0 Å².